The van der Waals surface area contributed by atoms with E-state index in [2.05, 4.69) is 20.6 Å². The number of carboxylic acid groups (broad SMARTS) is 1. The Labute approximate surface area is 123 Å². The molecule has 0 atom stereocenters. The minimum Gasteiger partial charge on any atom is -0.478 e. The number of carbonyl (C=O) groups is 3. The number of aromatic amines is 1. The van der Waals surface area contributed by atoms with Crippen molar-refractivity contribution in [1.29, 1.82) is 0 Å². The van der Waals surface area contributed by atoms with Gasteiger partial charge in [-0.1, -0.05) is 0 Å². The quantitative estimate of drug-likeness (QED) is 0.432. The lowest BCUT2D eigenvalue weighted by Crippen LogP contribution is -2.37. The standard InChI is InChI=1S/C11H14N4O5S/c1-5-7(9(17)18)8(15-11(20)13-5)21-4-3-6(16)14-10(19)12-2/h3-4H2,1-2H3,(H,17,18)(H,13,15,20)(H2,12,14,16,19). The van der Waals surface area contributed by atoms with E-state index in [9.17, 15) is 19.2 Å². The normalized spacial score (nSPS) is 10.0. The van der Waals surface area contributed by atoms with E-state index in [-0.39, 0.29) is 28.5 Å². The molecule has 4 N–H and O–H groups in total. The van der Waals surface area contributed by atoms with Gasteiger partial charge in [0.15, 0.2) is 0 Å². The number of H-pyrrole nitrogens is 1. The number of urea groups is 1. The molecule has 0 aliphatic heterocycles. The van der Waals surface area contributed by atoms with Crippen molar-refractivity contribution in [2.24, 2.45) is 0 Å². The number of nitrogens with one attached hydrogen (secondary N) is 3. The smallest absolute Gasteiger partial charge is 0.346 e. The van der Waals surface area contributed by atoms with E-state index in [1.54, 1.807) is 0 Å². The largest absolute Gasteiger partial charge is 0.478 e. The minimum atomic E-state index is -1.21. The molecule has 0 aliphatic carbocycles. The van der Waals surface area contributed by atoms with Crippen molar-refractivity contribution in [3.8, 4) is 0 Å². The number of nitrogens with zero attached hydrogens (tertiary/aromatic N) is 1. The second-order valence-electron chi connectivity index (χ2n) is 3.88. The van der Waals surface area contributed by atoms with Gasteiger partial charge in [0.05, 0.1) is 0 Å². The van der Waals surface area contributed by atoms with Crippen LogP contribution in [0.25, 0.3) is 0 Å². The van der Waals surface area contributed by atoms with Gasteiger partial charge in [0.25, 0.3) is 0 Å². The highest BCUT2D eigenvalue weighted by Crippen LogP contribution is 2.21. The van der Waals surface area contributed by atoms with Crippen LogP contribution >= 0.6 is 11.8 Å². The fourth-order valence-corrected chi connectivity index (χ4v) is 2.42. The highest BCUT2D eigenvalue weighted by atomic mass is 32.2. The maximum atomic E-state index is 11.4. The number of thioether (sulfide) groups is 1. The predicted octanol–water partition coefficient (Wildman–Crippen LogP) is -0.286. The number of hydrogen-bond acceptors (Lipinski definition) is 6. The molecule has 0 spiro atoms. The highest BCUT2D eigenvalue weighted by Gasteiger charge is 2.17. The first-order valence-electron chi connectivity index (χ1n) is 5.83. The molecule has 0 fully saturated rings. The van der Waals surface area contributed by atoms with E-state index >= 15 is 0 Å². The summed E-state index contributed by atoms with van der Waals surface area (Å²) in [5.41, 5.74) is -0.569. The van der Waals surface area contributed by atoms with Crippen LogP contribution in [0.2, 0.25) is 0 Å². The zero-order chi connectivity index (χ0) is 16.0. The zero-order valence-corrected chi connectivity index (χ0v) is 12.2. The number of rotatable bonds is 5. The third kappa shape index (κ3) is 4.91. The number of hydrogen-bond donors (Lipinski definition) is 4. The molecule has 9 nitrogen and oxygen atoms in total. The Hall–Kier alpha value is -2.36. The molecule has 3 amide bonds. The van der Waals surface area contributed by atoms with E-state index in [0.29, 0.717) is 0 Å². The Bertz CT molecular complexity index is 628. The van der Waals surface area contributed by atoms with Gasteiger partial charge in [-0.2, -0.15) is 4.98 Å². The summed E-state index contributed by atoms with van der Waals surface area (Å²) in [5, 5.41) is 13.4. The molecule has 114 valence electrons. The van der Waals surface area contributed by atoms with Gasteiger partial charge in [0.2, 0.25) is 5.91 Å². The molecule has 0 saturated carbocycles. The van der Waals surface area contributed by atoms with Crippen LogP contribution in [0.3, 0.4) is 0 Å². The maximum absolute atomic E-state index is 11.4. The zero-order valence-electron chi connectivity index (χ0n) is 11.3. The Kier molecular flexibility index (Phi) is 5.91. The van der Waals surface area contributed by atoms with E-state index in [1.807, 2.05) is 0 Å². The number of imide groups is 1. The number of aromatic nitrogens is 2. The number of amides is 3. The summed E-state index contributed by atoms with van der Waals surface area (Å²) in [4.78, 5) is 50.5. The molecule has 0 unspecified atom stereocenters. The summed E-state index contributed by atoms with van der Waals surface area (Å²) >= 11 is 0.962. The third-order valence-corrected chi connectivity index (χ3v) is 3.33. The van der Waals surface area contributed by atoms with Crippen LogP contribution in [0.15, 0.2) is 9.82 Å². The fourth-order valence-electron chi connectivity index (χ4n) is 1.41. The van der Waals surface area contributed by atoms with Crippen LogP contribution in [0, 0.1) is 6.92 Å². The molecule has 0 aliphatic rings. The molecular formula is C11H14N4O5S. The van der Waals surface area contributed by atoms with Crippen LogP contribution < -0.4 is 16.3 Å². The van der Waals surface area contributed by atoms with E-state index in [4.69, 9.17) is 5.11 Å². The van der Waals surface area contributed by atoms with E-state index < -0.39 is 23.6 Å². The Morgan fingerprint density at radius 3 is 2.62 bits per heavy atom. The maximum Gasteiger partial charge on any atom is 0.346 e. The van der Waals surface area contributed by atoms with Gasteiger partial charge in [-0.15, -0.1) is 11.8 Å². The van der Waals surface area contributed by atoms with Gasteiger partial charge in [0.1, 0.15) is 10.6 Å². The molecular weight excluding hydrogens is 300 g/mol. The number of carbonyl (C=O) groups excluding carboxylic acids is 2. The van der Waals surface area contributed by atoms with Gasteiger partial charge < -0.3 is 15.4 Å². The number of aromatic carboxylic acids is 1. The molecule has 1 rings (SSSR count). The molecule has 1 aromatic rings. The van der Waals surface area contributed by atoms with E-state index in [0.717, 1.165) is 11.8 Å². The lowest BCUT2D eigenvalue weighted by atomic mass is 10.2. The Morgan fingerprint density at radius 2 is 2.05 bits per heavy atom. The molecule has 10 heteroatoms. The van der Waals surface area contributed by atoms with Crippen molar-refractivity contribution in [1.82, 2.24) is 20.6 Å². The van der Waals surface area contributed by atoms with Crippen LogP contribution in [0.1, 0.15) is 22.5 Å². The minimum absolute atomic E-state index is 0.0231. The van der Waals surface area contributed by atoms with Gasteiger partial charge in [-0.25, -0.2) is 14.4 Å². The van der Waals surface area contributed by atoms with Crippen molar-refractivity contribution < 1.29 is 19.5 Å². The molecule has 0 aromatic carbocycles. The SMILES string of the molecule is CNC(=O)NC(=O)CCSc1nc(=O)[nH]c(C)c1C(=O)O. The molecule has 1 heterocycles. The lowest BCUT2D eigenvalue weighted by Gasteiger charge is -2.07. The fraction of sp³-hybridized carbons (Fsp3) is 0.364. The van der Waals surface area contributed by atoms with Gasteiger partial charge in [-0.3, -0.25) is 10.1 Å². The molecule has 1 aromatic heterocycles. The second-order valence-corrected chi connectivity index (χ2v) is 4.96. The summed E-state index contributed by atoms with van der Waals surface area (Å²) < 4.78 is 0. The van der Waals surface area contributed by atoms with Crippen molar-refractivity contribution in [3.63, 3.8) is 0 Å². The van der Waals surface area contributed by atoms with E-state index in [1.165, 1.54) is 14.0 Å². The van der Waals surface area contributed by atoms with Crippen LogP contribution in [-0.2, 0) is 4.79 Å². The van der Waals surface area contributed by atoms with Gasteiger partial charge in [0, 0.05) is 24.9 Å². The lowest BCUT2D eigenvalue weighted by molar-refractivity contribution is -0.119. The van der Waals surface area contributed by atoms with Crippen molar-refractivity contribution in [2.75, 3.05) is 12.8 Å². The highest BCUT2D eigenvalue weighted by molar-refractivity contribution is 7.99. The molecule has 0 saturated heterocycles. The van der Waals surface area contributed by atoms with Gasteiger partial charge in [-0.05, 0) is 6.92 Å². The monoisotopic (exact) mass is 314 g/mol. The summed E-state index contributed by atoms with van der Waals surface area (Å²) in [7, 11) is 1.37. The van der Waals surface area contributed by atoms with Gasteiger partial charge >= 0.3 is 17.7 Å². The first-order chi connectivity index (χ1) is 9.85. The summed E-state index contributed by atoms with van der Waals surface area (Å²) in [6, 6.07) is -0.624. The summed E-state index contributed by atoms with van der Waals surface area (Å²) in [6.07, 6.45) is -0.0231. The van der Waals surface area contributed by atoms with Crippen LogP contribution in [0.5, 0.6) is 0 Å². The number of aryl methyl sites for hydroxylation is 1. The summed E-state index contributed by atoms with van der Waals surface area (Å²) in [5.74, 6) is -1.55. The predicted molar refractivity (Wildman–Crippen MR) is 74.5 cm³/mol. The average Bonchev–Trinajstić information content (AvgIpc) is 2.37. The average molecular weight is 314 g/mol. The third-order valence-electron chi connectivity index (χ3n) is 2.35. The topological polar surface area (TPSA) is 141 Å². The van der Waals surface area contributed by atoms with Crippen molar-refractivity contribution >= 4 is 29.7 Å². The Morgan fingerprint density at radius 1 is 1.38 bits per heavy atom. The first-order valence-corrected chi connectivity index (χ1v) is 6.82. The number of carboxylic acids is 1. The molecule has 0 bridgehead atoms. The molecule has 0 radical (unpaired) electrons. The summed E-state index contributed by atoms with van der Waals surface area (Å²) in [6.45, 7) is 1.45. The first kappa shape index (κ1) is 16.7. The molecule has 21 heavy (non-hydrogen) atoms. The Balaban J connectivity index is 2.72. The van der Waals surface area contributed by atoms with Crippen molar-refractivity contribution in [2.45, 2.75) is 18.4 Å². The van der Waals surface area contributed by atoms with Crippen LogP contribution in [-0.4, -0.2) is 45.8 Å². The van der Waals surface area contributed by atoms with Crippen molar-refractivity contribution in [3.05, 3.63) is 21.7 Å². The van der Waals surface area contributed by atoms with Crippen LogP contribution in [0.4, 0.5) is 4.79 Å². The second kappa shape index (κ2) is 7.43.